The summed E-state index contributed by atoms with van der Waals surface area (Å²) >= 11 is 1.39. The first-order chi connectivity index (χ1) is 13.2. The monoisotopic (exact) mass is 408 g/mol. The number of alkyl halides is 3. The minimum atomic E-state index is -4.69. The van der Waals surface area contributed by atoms with Gasteiger partial charge in [0, 0.05) is 28.8 Å². The number of carboxylic acid groups (broad SMARTS) is 1. The number of thiazole rings is 1. The maximum Gasteiger partial charge on any atom is 0.471 e. The van der Waals surface area contributed by atoms with Crippen molar-refractivity contribution in [2.75, 3.05) is 0 Å². The van der Waals surface area contributed by atoms with Crippen molar-refractivity contribution in [3.63, 3.8) is 0 Å². The fourth-order valence-electron chi connectivity index (χ4n) is 2.73. The molecule has 144 valence electrons. The van der Waals surface area contributed by atoms with Crippen molar-refractivity contribution in [1.29, 1.82) is 0 Å². The molecule has 0 unspecified atom stereocenters. The SMILES string of the molecule is Cc1sc2nc(C(=O)O)cn2c1Cc1ccc(-c2noc(C(F)(F)F)n2)cc1. The van der Waals surface area contributed by atoms with E-state index in [1.54, 1.807) is 28.7 Å². The van der Waals surface area contributed by atoms with Crippen LogP contribution < -0.4 is 0 Å². The normalized spacial score (nSPS) is 12.0. The molecule has 4 rings (SSSR count). The molecule has 0 fully saturated rings. The molecule has 0 amide bonds. The van der Waals surface area contributed by atoms with E-state index in [1.807, 2.05) is 6.92 Å². The highest BCUT2D eigenvalue weighted by Crippen LogP contribution is 2.30. The van der Waals surface area contributed by atoms with Gasteiger partial charge in [-0.3, -0.25) is 4.40 Å². The topological polar surface area (TPSA) is 93.5 Å². The number of aromatic nitrogens is 4. The summed E-state index contributed by atoms with van der Waals surface area (Å²) in [5, 5.41) is 12.4. The van der Waals surface area contributed by atoms with Gasteiger partial charge in [0.2, 0.25) is 5.82 Å². The van der Waals surface area contributed by atoms with Crippen molar-refractivity contribution in [1.82, 2.24) is 19.5 Å². The lowest BCUT2D eigenvalue weighted by atomic mass is 10.1. The standard InChI is InChI=1S/C17H11F3N4O3S/c1-8-12(24-7-11(14(25)26)21-16(24)28-8)6-9-2-4-10(5-3-9)13-22-15(27-23-13)17(18,19)20/h2-5,7H,6H2,1H3,(H,25,26). The lowest BCUT2D eigenvalue weighted by molar-refractivity contribution is -0.159. The number of nitrogens with zero attached hydrogens (tertiary/aromatic N) is 4. The lowest BCUT2D eigenvalue weighted by Crippen LogP contribution is -2.04. The van der Waals surface area contributed by atoms with E-state index in [9.17, 15) is 18.0 Å². The molecule has 0 spiro atoms. The van der Waals surface area contributed by atoms with Crippen LogP contribution in [0, 0.1) is 6.92 Å². The molecular formula is C17H11F3N4O3S. The molecule has 3 aromatic heterocycles. The third-order valence-electron chi connectivity index (χ3n) is 4.09. The maximum absolute atomic E-state index is 12.6. The lowest BCUT2D eigenvalue weighted by Gasteiger charge is -2.03. The molecule has 1 aromatic carbocycles. The van der Waals surface area contributed by atoms with E-state index in [2.05, 4.69) is 19.6 Å². The van der Waals surface area contributed by atoms with Gasteiger partial charge in [0.15, 0.2) is 10.7 Å². The number of aromatic carboxylic acids is 1. The predicted octanol–water partition coefficient (Wildman–Crippen LogP) is 4.06. The Hall–Kier alpha value is -3.21. The van der Waals surface area contributed by atoms with Crippen LogP contribution in [0.5, 0.6) is 0 Å². The molecule has 0 atom stereocenters. The quantitative estimate of drug-likeness (QED) is 0.547. The van der Waals surface area contributed by atoms with Gasteiger partial charge in [0.25, 0.3) is 0 Å². The van der Waals surface area contributed by atoms with E-state index in [0.717, 1.165) is 16.1 Å². The Morgan fingerprint density at radius 1 is 1.25 bits per heavy atom. The van der Waals surface area contributed by atoms with Crippen molar-refractivity contribution in [2.24, 2.45) is 0 Å². The van der Waals surface area contributed by atoms with Crippen molar-refractivity contribution in [2.45, 2.75) is 19.5 Å². The number of halogens is 3. The van der Waals surface area contributed by atoms with Gasteiger partial charge in [-0.2, -0.15) is 18.2 Å². The molecule has 1 N–H and O–H groups in total. The maximum atomic E-state index is 12.6. The summed E-state index contributed by atoms with van der Waals surface area (Å²) in [4.78, 5) is 20.1. The smallest absolute Gasteiger partial charge is 0.471 e. The Morgan fingerprint density at radius 3 is 2.57 bits per heavy atom. The van der Waals surface area contributed by atoms with E-state index in [1.165, 1.54) is 17.5 Å². The first-order valence-electron chi connectivity index (χ1n) is 7.93. The molecule has 0 bridgehead atoms. The molecule has 28 heavy (non-hydrogen) atoms. The second-order valence-corrected chi connectivity index (χ2v) is 7.17. The van der Waals surface area contributed by atoms with Crippen LogP contribution in [0.15, 0.2) is 35.0 Å². The van der Waals surface area contributed by atoms with Crippen LogP contribution in [0.1, 0.15) is 32.5 Å². The Labute approximate surface area is 159 Å². The van der Waals surface area contributed by atoms with Crippen LogP contribution in [0.4, 0.5) is 13.2 Å². The highest BCUT2D eigenvalue weighted by atomic mass is 32.1. The molecule has 0 saturated carbocycles. The van der Waals surface area contributed by atoms with E-state index < -0.39 is 18.0 Å². The third-order valence-corrected chi connectivity index (χ3v) is 5.10. The zero-order valence-electron chi connectivity index (χ0n) is 14.2. The number of carboxylic acids is 1. The van der Waals surface area contributed by atoms with Crippen LogP contribution in [0.25, 0.3) is 16.3 Å². The number of hydrogen-bond acceptors (Lipinski definition) is 6. The van der Waals surface area contributed by atoms with E-state index in [0.29, 0.717) is 16.9 Å². The summed E-state index contributed by atoms with van der Waals surface area (Å²) in [6.07, 6.45) is -2.71. The minimum absolute atomic E-state index is 0.0274. The second kappa shape index (κ2) is 6.44. The second-order valence-electron chi connectivity index (χ2n) is 5.98. The highest BCUT2D eigenvalue weighted by Gasteiger charge is 2.38. The van der Waals surface area contributed by atoms with Gasteiger partial charge in [-0.1, -0.05) is 29.4 Å². The Bertz CT molecular complexity index is 1170. The fourth-order valence-corrected chi connectivity index (χ4v) is 3.70. The van der Waals surface area contributed by atoms with E-state index >= 15 is 0 Å². The molecule has 0 saturated heterocycles. The molecule has 0 aliphatic rings. The summed E-state index contributed by atoms with van der Waals surface area (Å²) < 4.78 is 43.7. The Morgan fingerprint density at radius 2 is 1.96 bits per heavy atom. The highest BCUT2D eigenvalue weighted by molar-refractivity contribution is 7.17. The number of imidazole rings is 1. The summed E-state index contributed by atoms with van der Waals surface area (Å²) in [6.45, 7) is 1.92. The number of hydrogen-bond donors (Lipinski definition) is 1. The first kappa shape index (κ1) is 18.2. The molecule has 4 aromatic rings. The molecule has 3 heterocycles. The van der Waals surface area contributed by atoms with E-state index in [-0.39, 0.29) is 11.5 Å². The van der Waals surface area contributed by atoms with Crippen molar-refractivity contribution < 1.29 is 27.6 Å². The zero-order chi connectivity index (χ0) is 20.1. The zero-order valence-corrected chi connectivity index (χ0v) is 15.0. The van der Waals surface area contributed by atoms with Crippen LogP contribution in [0.2, 0.25) is 0 Å². The van der Waals surface area contributed by atoms with Crippen molar-refractivity contribution in [3.05, 3.63) is 58.2 Å². The molecular weight excluding hydrogens is 397 g/mol. The summed E-state index contributed by atoms with van der Waals surface area (Å²) in [5.74, 6) is -2.63. The van der Waals surface area contributed by atoms with Crippen molar-refractivity contribution >= 4 is 22.3 Å². The van der Waals surface area contributed by atoms with Gasteiger partial charge in [0.05, 0.1) is 0 Å². The van der Waals surface area contributed by atoms with Crippen LogP contribution in [-0.4, -0.2) is 30.6 Å². The number of carbonyl (C=O) groups is 1. The van der Waals surface area contributed by atoms with Crippen LogP contribution in [0.3, 0.4) is 0 Å². The number of aryl methyl sites for hydroxylation is 1. The van der Waals surface area contributed by atoms with Crippen LogP contribution in [-0.2, 0) is 12.6 Å². The number of rotatable bonds is 4. The summed E-state index contributed by atoms with van der Waals surface area (Å²) in [5.41, 5.74) is 2.15. The summed E-state index contributed by atoms with van der Waals surface area (Å²) in [6, 6.07) is 6.71. The van der Waals surface area contributed by atoms with Gasteiger partial charge < -0.3 is 9.63 Å². The molecule has 0 aliphatic heterocycles. The molecule has 11 heteroatoms. The third kappa shape index (κ3) is 3.24. The molecule has 7 nitrogen and oxygen atoms in total. The Balaban J connectivity index is 1.60. The Kier molecular flexibility index (Phi) is 4.18. The minimum Gasteiger partial charge on any atom is -0.476 e. The van der Waals surface area contributed by atoms with E-state index in [4.69, 9.17) is 5.11 Å². The van der Waals surface area contributed by atoms with Gasteiger partial charge in [-0.05, 0) is 12.5 Å². The predicted molar refractivity (Wildman–Crippen MR) is 92.3 cm³/mol. The number of benzene rings is 1. The fraction of sp³-hybridized carbons (Fsp3) is 0.176. The average molecular weight is 408 g/mol. The van der Waals surface area contributed by atoms with Gasteiger partial charge in [0.1, 0.15) is 0 Å². The molecule has 0 aliphatic carbocycles. The number of fused-ring (bicyclic) bond motifs is 1. The van der Waals surface area contributed by atoms with Gasteiger partial charge in [-0.15, -0.1) is 11.3 Å². The largest absolute Gasteiger partial charge is 0.476 e. The van der Waals surface area contributed by atoms with Crippen molar-refractivity contribution in [3.8, 4) is 11.4 Å². The van der Waals surface area contributed by atoms with Gasteiger partial charge >= 0.3 is 18.0 Å². The van der Waals surface area contributed by atoms with Gasteiger partial charge in [-0.25, -0.2) is 9.78 Å². The van der Waals surface area contributed by atoms with Crippen LogP contribution >= 0.6 is 11.3 Å². The first-order valence-corrected chi connectivity index (χ1v) is 8.75. The molecule has 0 radical (unpaired) electrons. The summed E-state index contributed by atoms with van der Waals surface area (Å²) in [7, 11) is 0. The average Bonchev–Trinajstić information content (AvgIpc) is 3.32.